The van der Waals surface area contributed by atoms with Gasteiger partial charge in [-0.3, -0.25) is 0 Å². The van der Waals surface area contributed by atoms with Crippen molar-refractivity contribution in [2.45, 2.75) is 18.4 Å². The summed E-state index contributed by atoms with van der Waals surface area (Å²) in [6, 6.07) is 3.76. The number of fused-ring (bicyclic) bond motifs is 3. The lowest BCUT2D eigenvalue weighted by atomic mass is 9.97. The molecule has 0 aromatic heterocycles. The van der Waals surface area contributed by atoms with E-state index in [1.807, 2.05) is 6.07 Å². The van der Waals surface area contributed by atoms with Gasteiger partial charge in [-0.2, -0.15) is 0 Å². The van der Waals surface area contributed by atoms with Crippen molar-refractivity contribution in [1.82, 2.24) is 0 Å². The van der Waals surface area contributed by atoms with Crippen molar-refractivity contribution in [2.75, 3.05) is 7.11 Å². The summed E-state index contributed by atoms with van der Waals surface area (Å²) in [5, 5.41) is 0. The van der Waals surface area contributed by atoms with Gasteiger partial charge in [-0.25, -0.2) is 4.79 Å². The largest absolute Gasteiger partial charge is 0.488 e. The molecule has 2 atom stereocenters. The molecule has 0 N–H and O–H groups in total. The Morgan fingerprint density at radius 1 is 1.53 bits per heavy atom. The lowest BCUT2D eigenvalue weighted by molar-refractivity contribution is 0.0595. The van der Waals surface area contributed by atoms with Crippen LogP contribution in [0, 0.1) is 0 Å². The number of hydrogen-bond donors (Lipinski definition) is 0. The Hall–Kier alpha value is -1.29. The predicted molar refractivity (Wildman–Crippen MR) is 66.4 cm³/mol. The minimum atomic E-state index is -0.355. The Bertz CT molecular complexity index is 522. The lowest BCUT2D eigenvalue weighted by Gasteiger charge is -2.09. The van der Waals surface area contributed by atoms with Crippen molar-refractivity contribution in [3.8, 4) is 5.75 Å². The molecule has 88 valence electrons. The topological polar surface area (TPSA) is 35.5 Å². The molecule has 1 aromatic carbocycles. The molecule has 1 aliphatic carbocycles. The van der Waals surface area contributed by atoms with Crippen LogP contribution in [0.2, 0.25) is 0 Å². The van der Waals surface area contributed by atoms with Gasteiger partial charge in [-0.05, 0) is 12.1 Å². The van der Waals surface area contributed by atoms with Gasteiger partial charge in [0.2, 0.25) is 0 Å². The number of methoxy groups -OCH3 is 1. The third kappa shape index (κ3) is 1.59. The van der Waals surface area contributed by atoms with Gasteiger partial charge in [0.25, 0.3) is 0 Å². The summed E-state index contributed by atoms with van der Waals surface area (Å²) in [6.45, 7) is 0. The van der Waals surface area contributed by atoms with Crippen LogP contribution in [0.25, 0.3) is 0 Å². The van der Waals surface area contributed by atoms with E-state index in [1.54, 1.807) is 6.07 Å². The highest BCUT2D eigenvalue weighted by atomic mass is 79.9. The maximum absolute atomic E-state index is 11.7. The third-order valence-electron chi connectivity index (χ3n) is 3.23. The first-order chi connectivity index (χ1) is 8.20. The first-order valence-electron chi connectivity index (χ1n) is 5.46. The first-order valence-corrected chi connectivity index (χ1v) is 6.25. The maximum Gasteiger partial charge on any atom is 0.341 e. The Labute approximate surface area is 108 Å². The van der Waals surface area contributed by atoms with Crippen LogP contribution in [-0.2, 0) is 4.74 Å². The van der Waals surface area contributed by atoms with Gasteiger partial charge in [0.15, 0.2) is 0 Å². The van der Waals surface area contributed by atoms with Crippen LogP contribution in [0.4, 0.5) is 0 Å². The summed E-state index contributed by atoms with van der Waals surface area (Å²) in [4.78, 5) is 11.7. The Kier molecular flexibility index (Phi) is 2.47. The molecule has 0 radical (unpaired) electrons. The molecule has 0 amide bonds. The van der Waals surface area contributed by atoms with E-state index >= 15 is 0 Å². The SMILES string of the molecule is COC(=O)c1cc(Br)cc2c1O[C@@H]1CC=C[C@H]21. The molecule has 1 heterocycles. The van der Waals surface area contributed by atoms with E-state index in [-0.39, 0.29) is 18.0 Å². The number of ether oxygens (including phenoxy) is 2. The van der Waals surface area contributed by atoms with Crippen LogP contribution < -0.4 is 4.74 Å². The van der Waals surface area contributed by atoms with Crippen LogP contribution in [0.3, 0.4) is 0 Å². The van der Waals surface area contributed by atoms with E-state index in [2.05, 4.69) is 28.1 Å². The average Bonchev–Trinajstić information content (AvgIpc) is 2.88. The summed E-state index contributed by atoms with van der Waals surface area (Å²) < 4.78 is 11.5. The fourth-order valence-electron chi connectivity index (χ4n) is 2.46. The first kappa shape index (κ1) is 10.8. The molecule has 0 bridgehead atoms. The van der Waals surface area contributed by atoms with E-state index in [0.717, 1.165) is 16.5 Å². The van der Waals surface area contributed by atoms with Gasteiger partial charge in [0, 0.05) is 22.4 Å². The number of carbonyl (C=O) groups excluding carboxylic acids is 1. The predicted octanol–water partition coefficient (Wildman–Crippen LogP) is 3.04. The van der Waals surface area contributed by atoms with Crippen LogP contribution in [0.5, 0.6) is 5.75 Å². The molecule has 4 heteroatoms. The molecule has 1 aliphatic heterocycles. The number of carbonyl (C=O) groups is 1. The zero-order valence-electron chi connectivity index (χ0n) is 9.27. The molecule has 0 spiro atoms. The zero-order valence-corrected chi connectivity index (χ0v) is 10.9. The Balaban J connectivity index is 2.15. The van der Waals surface area contributed by atoms with Gasteiger partial charge < -0.3 is 9.47 Å². The second-order valence-electron chi connectivity index (χ2n) is 4.21. The fraction of sp³-hybridized carbons (Fsp3) is 0.308. The van der Waals surface area contributed by atoms with Crippen LogP contribution in [0.15, 0.2) is 28.8 Å². The zero-order chi connectivity index (χ0) is 12.0. The molecule has 3 rings (SSSR count). The van der Waals surface area contributed by atoms with E-state index < -0.39 is 0 Å². The summed E-state index contributed by atoms with van der Waals surface area (Å²) in [6.07, 6.45) is 5.31. The summed E-state index contributed by atoms with van der Waals surface area (Å²) >= 11 is 3.42. The van der Waals surface area contributed by atoms with E-state index in [0.29, 0.717) is 11.3 Å². The number of esters is 1. The molecular formula is C13H11BrO3. The minimum Gasteiger partial charge on any atom is -0.488 e. The fourth-order valence-corrected chi connectivity index (χ4v) is 2.94. The summed E-state index contributed by atoms with van der Waals surface area (Å²) in [7, 11) is 1.38. The van der Waals surface area contributed by atoms with Crippen LogP contribution in [-0.4, -0.2) is 19.2 Å². The van der Waals surface area contributed by atoms with Crippen molar-refractivity contribution in [1.29, 1.82) is 0 Å². The van der Waals surface area contributed by atoms with Crippen molar-refractivity contribution in [3.05, 3.63) is 39.9 Å². The van der Waals surface area contributed by atoms with E-state index in [4.69, 9.17) is 9.47 Å². The standard InChI is InChI=1S/C13H11BrO3/c1-16-13(15)10-6-7(14)5-9-8-3-2-4-11(8)17-12(9)10/h2-3,5-6,8,11H,4H2,1H3/t8-,11-/m1/s1. The Morgan fingerprint density at radius 2 is 2.35 bits per heavy atom. The number of benzene rings is 1. The van der Waals surface area contributed by atoms with Gasteiger partial charge in [0.1, 0.15) is 17.4 Å². The summed E-state index contributed by atoms with van der Waals surface area (Å²) in [5.41, 5.74) is 1.57. The maximum atomic E-state index is 11.7. The molecule has 1 aromatic rings. The molecule has 2 aliphatic rings. The minimum absolute atomic E-state index is 0.141. The second kappa shape index (κ2) is 3.88. The average molecular weight is 295 g/mol. The van der Waals surface area contributed by atoms with Crippen molar-refractivity contribution < 1.29 is 14.3 Å². The van der Waals surface area contributed by atoms with Gasteiger partial charge in [-0.1, -0.05) is 28.1 Å². The normalized spacial score (nSPS) is 24.1. The highest BCUT2D eigenvalue weighted by Crippen LogP contribution is 2.46. The highest BCUT2D eigenvalue weighted by molar-refractivity contribution is 9.10. The monoisotopic (exact) mass is 294 g/mol. The number of rotatable bonds is 1. The van der Waals surface area contributed by atoms with Crippen molar-refractivity contribution in [2.24, 2.45) is 0 Å². The molecule has 0 unspecified atom stereocenters. The molecule has 0 fully saturated rings. The number of halogens is 1. The third-order valence-corrected chi connectivity index (χ3v) is 3.69. The quantitative estimate of drug-likeness (QED) is 0.590. The molecule has 17 heavy (non-hydrogen) atoms. The second-order valence-corrected chi connectivity index (χ2v) is 5.12. The van der Waals surface area contributed by atoms with Crippen molar-refractivity contribution >= 4 is 21.9 Å². The highest BCUT2D eigenvalue weighted by Gasteiger charge is 2.37. The van der Waals surface area contributed by atoms with E-state index in [9.17, 15) is 4.79 Å². The van der Waals surface area contributed by atoms with Crippen LogP contribution in [0.1, 0.15) is 28.3 Å². The van der Waals surface area contributed by atoms with Crippen molar-refractivity contribution in [3.63, 3.8) is 0 Å². The molecule has 3 nitrogen and oxygen atoms in total. The van der Waals surface area contributed by atoms with Gasteiger partial charge >= 0.3 is 5.97 Å². The lowest BCUT2D eigenvalue weighted by Crippen LogP contribution is -2.12. The van der Waals surface area contributed by atoms with Gasteiger partial charge in [-0.15, -0.1) is 0 Å². The smallest absolute Gasteiger partial charge is 0.341 e. The van der Waals surface area contributed by atoms with Gasteiger partial charge in [0.05, 0.1) is 7.11 Å². The molecule has 0 saturated heterocycles. The van der Waals surface area contributed by atoms with Crippen LogP contribution >= 0.6 is 15.9 Å². The van der Waals surface area contributed by atoms with E-state index in [1.165, 1.54) is 7.11 Å². The molecule has 0 saturated carbocycles. The molecular weight excluding hydrogens is 284 g/mol. The summed E-state index contributed by atoms with van der Waals surface area (Å²) in [5.74, 6) is 0.594. The Morgan fingerprint density at radius 3 is 3.12 bits per heavy atom. The number of hydrogen-bond acceptors (Lipinski definition) is 3.